The zero-order valence-electron chi connectivity index (χ0n) is 12.8. The van der Waals surface area contributed by atoms with Crippen molar-refractivity contribution in [3.05, 3.63) is 12.7 Å². The summed E-state index contributed by atoms with van der Waals surface area (Å²) in [5.74, 6) is -0.152. The van der Waals surface area contributed by atoms with Crippen LogP contribution in [0.1, 0.15) is 46.5 Å². The lowest BCUT2D eigenvalue weighted by atomic mass is 10.1. The van der Waals surface area contributed by atoms with Crippen molar-refractivity contribution in [1.29, 1.82) is 0 Å². The van der Waals surface area contributed by atoms with Crippen molar-refractivity contribution in [2.75, 3.05) is 13.1 Å². The maximum atomic E-state index is 12.1. The normalized spacial score (nSPS) is 18.8. The second-order valence-electron chi connectivity index (χ2n) is 6.11. The molecule has 0 bridgehead atoms. The van der Waals surface area contributed by atoms with E-state index in [0.29, 0.717) is 6.54 Å². The van der Waals surface area contributed by atoms with Gasteiger partial charge < -0.3 is 15.0 Å². The van der Waals surface area contributed by atoms with Crippen LogP contribution in [0.15, 0.2) is 12.7 Å². The number of hydrogen-bond donors (Lipinski definition) is 1. The molecule has 0 saturated carbocycles. The smallest absolute Gasteiger partial charge is 0.410 e. The van der Waals surface area contributed by atoms with E-state index in [-0.39, 0.29) is 18.0 Å². The van der Waals surface area contributed by atoms with Crippen LogP contribution in [0.4, 0.5) is 4.79 Å². The number of ether oxygens (including phenoxy) is 1. The zero-order chi connectivity index (χ0) is 15.2. The molecule has 1 rings (SSSR count). The molecule has 2 amide bonds. The van der Waals surface area contributed by atoms with Crippen molar-refractivity contribution in [3.63, 3.8) is 0 Å². The Kier molecular flexibility index (Phi) is 6.05. The summed E-state index contributed by atoms with van der Waals surface area (Å²) >= 11 is 0. The predicted octanol–water partition coefficient (Wildman–Crippen LogP) is 2.47. The lowest BCUT2D eigenvalue weighted by Crippen LogP contribution is -2.40. The minimum absolute atomic E-state index is 0.152. The molecule has 1 unspecified atom stereocenters. The van der Waals surface area contributed by atoms with E-state index in [9.17, 15) is 9.59 Å². The monoisotopic (exact) mass is 282 g/mol. The number of amides is 2. The summed E-state index contributed by atoms with van der Waals surface area (Å²) in [6, 6.07) is 0.227. The van der Waals surface area contributed by atoms with Gasteiger partial charge in [-0.3, -0.25) is 4.79 Å². The van der Waals surface area contributed by atoms with Gasteiger partial charge in [-0.2, -0.15) is 0 Å². The van der Waals surface area contributed by atoms with Crippen molar-refractivity contribution < 1.29 is 14.3 Å². The van der Waals surface area contributed by atoms with Gasteiger partial charge in [-0.25, -0.2) is 4.79 Å². The van der Waals surface area contributed by atoms with Gasteiger partial charge in [0.2, 0.25) is 5.91 Å². The molecule has 0 spiro atoms. The predicted molar refractivity (Wildman–Crippen MR) is 78.4 cm³/mol. The number of rotatable bonds is 5. The van der Waals surface area contributed by atoms with Gasteiger partial charge in [0.25, 0.3) is 0 Å². The highest BCUT2D eigenvalue weighted by molar-refractivity contribution is 5.86. The van der Waals surface area contributed by atoms with E-state index in [2.05, 4.69) is 11.9 Å². The van der Waals surface area contributed by atoms with Crippen LogP contribution in [0.3, 0.4) is 0 Å². The maximum Gasteiger partial charge on any atom is 0.410 e. The van der Waals surface area contributed by atoms with Crippen LogP contribution in [0.25, 0.3) is 0 Å². The molecule has 0 aromatic heterocycles. The van der Waals surface area contributed by atoms with Gasteiger partial charge in [-0.15, -0.1) is 0 Å². The van der Waals surface area contributed by atoms with Gasteiger partial charge in [-0.05, 0) is 52.5 Å². The minimum Gasteiger partial charge on any atom is -0.444 e. The van der Waals surface area contributed by atoms with Crippen LogP contribution in [0, 0.1) is 0 Å². The number of nitrogens with one attached hydrogen (secondary N) is 1. The van der Waals surface area contributed by atoms with Crippen LogP contribution in [-0.2, 0) is 9.53 Å². The number of carbonyl (C=O) groups excluding carboxylic acids is 2. The van der Waals surface area contributed by atoms with Gasteiger partial charge in [-0.1, -0.05) is 6.58 Å². The Balaban J connectivity index is 2.35. The lowest BCUT2D eigenvalue weighted by Gasteiger charge is -2.28. The van der Waals surface area contributed by atoms with E-state index in [1.165, 1.54) is 6.08 Å². The van der Waals surface area contributed by atoms with Crippen molar-refractivity contribution >= 4 is 12.0 Å². The van der Waals surface area contributed by atoms with E-state index >= 15 is 0 Å². The lowest BCUT2D eigenvalue weighted by molar-refractivity contribution is -0.116. The molecule has 1 fully saturated rings. The fourth-order valence-electron chi connectivity index (χ4n) is 2.32. The van der Waals surface area contributed by atoms with Crippen LogP contribution in [0.5, 0.6) is 0 Å². The molecule has 0 radical (unpaired) electrons. The largest absolute Gasteiger partial charge is 0.444 e. The van der Waals surface area contributed by atoms with Gasteiger partial charge >= 0.3 is 6.09 Å². The summed E-state index contributed by atoms with van der Waals surface area (Å²) in [5, 5.41) is 2.75. The first-order chi connectivity index (χ1) is 9.33. The Morgan fingerprint density at radius 2 is 2.15 bits per heavy atom. The fraction of sp³-hybridized carbons (Fsp3) is 0.733. The molecule has 0 aromatic rings. The van der Waals surface area contributed by atoms with E-state index in [1.54, 1.807) is 0 Å². The topological polar surface area (TPSA) is 58.6 Å². The summed E-state index contributed by atoms with van der Waals surface area (Å²) < 4.78 is 5.42. The summed E-state index contributed by atoms with van der Waals surface area (Å²) in [6.45, 7) is 10.4. The summed E-state index contributed by atoms with van der Waals surface area (Å²) in [7, 11) is 0. The van der Waals surface area contributed by atoms with Crippen LogP contribution in [0.2, 0.25) is 0 Å². The molecule has 1 atom stereocenters. The van der Waals surface area contributed by atoms with Crippen molar-refractivity contribution in [2.24, 2.45) is 0 Å². The molecule has 1 N–H and O–H groups in total. The van der Waals surface area contributed by atoms with Crippen molar-refractivity contribution in [1.82, 2.24) is 10.2 Å². The summed E-state index contributed by atoms with van der Waals surface area (Å²) in [5.41, 5.74) is -0.456. The molecular weight excluding hydrogens is 256 g/mol. The molecule has 1 heterocycles. The van der Waals surface area contributed by atoms with E-state index in [0.717, 1.165) is 32.2 Å². The summed E-state index contributed by atoms with van der Waals surface area (Å²) in [6.07, 6.45) is 4.80. The van der Waals surface area contributed by atoms with Crippen LogP contribution in [-0.4, -0.2) is 41.6 Å². The van der Waals surface area contributed by atoms with Gasteiger partial charge in [0, 0.05) is 19.1 Å². The third kappa shape index (κ3) is 5.63. The Hall–Kier alpha value is -1.52. The Morgan fingerprint density at radius 3 is 2.75 bits per heavy atom. The Labute approximate surface area is 121 Å². The SMILES string of the molecule is C=CC(=O)NCCCC1CCCN1C(=O)OC(C)(C)C. The molecule has 20 heavy (non-hydrogen) atoms. The van der Waals surface area contributed by atoms with E-state index < -0.39 is 5.60 Å². The molecule has 5 heteroatoms. The quantitative estimate of drug-likeness (QED) is 0.622. The first-order valence-corrected chi connectivity index (χ1v) is 7.23. The highest BCUT2D eigenvalue weighted by Gasteiger charge is 2.31. The fourth-order valence-corrected chi connectivity index (χ4v) is 2.32. The van der Waals surface area contributed by atoms with Gasteiger partial charge in [0.05, 0.1) is 0 Å². The first-order valence-electron chi connectivity index (χ1n) is 7.23. The van der Waals surface area contributed by atoms with Crippen LogP contribution >= 0.6 is 0 Å². The number of likely N-dealkylation sites (tertiary alicyclic amines) is 1. The third-order valence-corrected chi connectivity index (χ3v) is 3.20. The second-order valence-corrected chi connectivity index (χ2v) is 6.11. The number of hydrogen-bond acceptors (Lipinski definition) is 3. The molecule has 1 aliphatic rings. The van der Waals surface area contributed by atoms with Crippen molar-refractivity contribution in [3.8, 4) is 0 Å². The second kappa shape index (κ2) is 7.31. The average Bonchev–Trinajstić information content (AvgIpc) is 2.80. The zero-order valence-corrected chi connectivity index (χ0v) is 12.8. The highest BCUT2D eigenvalue weighted by atomic mass is 16.6. The standard InChI is InChI=1S/C15H26N2O3/c1-5-13(18)16-10-6-8-12-9-7-11-17(12)14(19)20-15(2,3)4/h5,12H,1,6-11H2,2-4H3,(H,16,18). The molecule has 0 aromatic carbocycles. The maximum absolute atomic E-state index is 12.1. The molecule has 1 aliphatic heterocycles. The molecular formula is C15H26N2O3. The first kappa shape index (κ1) is 16.5. The van der Waals surface area contributed by atoms with Gasteiger partial charge in [0.15, 0.2) is 0 Å². The number of nitrogens with zero attached hydrogens (tertiary/aromatic N) is 1. The Bertz CT molecular complexity index is 361. The minimum atomic E-state index is -0.456. The van der Waals surface area contributed by atoms with Crippen LogP contribution < -0.4 is 5.32 Å². The molecule has 114 valence electrons. The highest BCUT2D eigenvalue weighted by Crippen LogP contribution is 2.23. The van der Waals surface area contributed by atoms with Gasteiger partial charge in [0.1, 0.15) is 5.60 Å². The van der Waals surface area contributed by atoms with E-state index in [1.807, 2.05) is 25.7 Å². The number of carbonyl (C=O) groups is 2. The molecule has 0 aliphatic carbocycles. The molecule has 1 saturated heterocycles. The summed E-state index contributed by atoms with van der Waals surface area (Å²) in [4.78, 5) is 24.9. The average molecular weight is 282 g/mol. The Morgan fingerprint density at radius 1 is 1.45 bits per heavy atom. The third-order valence-electron chi connectivity index (χ3n) is 3.20. The van der Waals surface area contributed by atoms with E-state index in [4.69, 9.17) is 4.74 Å². The molecule has 5 nitrogen and oxygen atoms in total. The van der Waals surface area contributed by atoms with Crippen molar-refractivity contribution in [2.45, 2.75) is 58.1 Å².